The highest BCUT2D eigenvalue weighted by atomic mass is 15.2. The zero-order chi connectivity index (χ0) is 11.9. The first-order valence-corrected chi connectivity index (χ1v) is 7.15. The van der Waals surface area contributed by atoms with E-state index in [9.17, 15) is 0 Å². The van der Waals surface area contributed by atoms with Gasteiger partial charge in [0.05, 0.1) is 0 Å². The summed E-state index contributed by atoms with van der Waals surface area (Å²) in [5.74, 6) is 0. The van der Waals surface area contributed by atoms with Gasteiger partial charge in [0, 0.05) is 6.04 Å². The summed E-state index contributed by atoms with van der Waals surface area (Å²) >= 11 is 0. The minimum Gasteiger partial charge on any atom is -0.300 e. The van der Waals surface area contributed by atoms with Gasteiger partial charge in [-0.3, -0.25) is 4.90 Å². The van der Waals surface area contributed by atoms with E-state index in [1.165, 1.54) is 49.5 Å². The fraction of sp³-hybridized carbons (Fsp3) is 0.412. The summed E-state index contributed by atoms with van der Waals surface area (Å²) in [4.78, 5) is 2.70. The maximum atomic E-state index is 2.70. The fourth-order valence-electron chi connectivity index (χ4n) is 3.74. The molecule has 18 heavy (non-hydrogen) atoms. The summed E-state index contributed by atoms with van der Waals surface area (Å²) in [6, 6.07) is 14.3. The lowest BCUT2D eigenvalue weighted by atomic mass is 10.0. The van der Waals surface area contributed by atoms with Gasteiger partial charge in [-0.25, -0.2) is 0 Å². The van der Waals surface area contributed by atoms with Crippen LogP contribution in [0.5, 0.6) is 0 Å². The van der Waals surface area contributed by atoms with Crippen LogP contribution in [0.25, 0.3) is 10.8 Å². The molecule has 0 saturated carbocycles. The van der Waals surface area contributed by atoms with E-state index in [1.54, 1.807) is 11.1 Å². The van der Waals surface area contributed by atoms with Crippen LogP contribution in [0.3, 0.4) is 0 Å². The van der Waals surface area contributed by atoms with Gasteiger partial charge in [0.15, 0.2) is 0 Å². The van der Waals surface area contributed by atoms with Crippen LogP contribution in [0, 0.1) is 0 Å². The largest absolute Gasteiger partial charge is 0.300 e. The van der Waals surface area contributed by atoms with E-state index in [0.29, 0.717) is 0 Å². The van der Waals surface area contributed by atoms with Crippen molar-refractivity contribution in [1.82, 2.24) is 4.90 Å². The Bertz CT molecular complexity index is 581. The number of fused-ring (bicyclic) bond motifs is 3. The normalized spacial score (nSPS) is 23.7. The predicted molar refractivity (Wildman–Crippen MR) is 76.0 cm³/mol. The Kier molecular flexibility index (Phi) is 2.41. The topological polar surface area (TPSA) is 3.24 Å². The highest BCUT2D eigenvalue weighted by Crippen LogP contribution is 2.33. The maximum absolute atomic E-state index is 2.70. The first-order valence-electron chi connectivity index (χ1n) is 7.15. The van der Waals surface area contributed by atoms with Gasteiger partial charge < -0.3 is 0 Å². The van der Waals surface area contributed by atoms with Gasteiger partial charge in [-0.15, -0.1) is 0 Å². The number of hydrogen-bond acceptors (Lipinski definition) is 1. The average molecular weight is 237 g/mol. The SMILES string of the molecule is c1ccc2c3c(ccc2c1)C[C@H](N1CCCC1)C3. The standard InChI is InChI=1S/C17H19N/c1-2-6-16-13(5-1)7-8-14-11-15(12-17(14)16)18-9-3-4-10-18/h1-2,5-8,15H,3-4,9-12H2/t15-/m0/s1. The summed E-state index contributed by atoms with van der Waals surface area (Å²) in [6.07, 6.45) is 5.32. The summed E-state index contributed by atoms with van der Waals surface area (Å²) in [7, 11) is 0. The fourth-order valence-corrected chi connectivity index (χ4v) is 3.74. The molecule has 1 atom stereocenters. The number of hydrogen-bond donors (Lipinski definition) is 0. The molecule has 0 bridgehead atoms. The van der Waals surface area contributed by atoms with E-state index in [1.807, 2.05) is 0 Å². The molecule has 0 unspecified atom stereocenters. The first kappa shape index (κ1) is 10.6. The quantitative estimate of drug-likeness (QED) is 0.734. The summed E-state index contributed by atoms with van der Waals surface area (Å²) < 4.78 is 0. The van der Waals surface area contributed by atoms with Crippen molar-refractivity contribution in [3.05, 3.63) is 47.5 Å². The maximum Gasteiger partial charge on any atom is 0.0176 e. The van der Waals surface area contributed by atoms with Crippen molar-refractivity contribution in [2.24, 2.45) is 0 Å². The van der Waals surface area contributed by atoms with Crippen molar-refractivity contribution < 1.29 is 0 Å². The molecular weight excluding hydrogens is 218 g/mol. The molecule has 4 rings (SSSR count). The lowest BCUT2D eigenvalue weighted by Crippen LogP contribution is -2.33. The lowest BCUT2D eigenvalue weighted by molar-refractivity contribution is 0.250. The molecule has 0 amide bonds. The molecule has 92 valence electrons. The molecule has 1 saturated heterocycles. The van der Waals surface area contributed by atoms with Gasteiger partial charge in [0.2, 0.25) is 0 Å². The van der Waals surface area contributed by atoms with E-state index in [-0.39, 0.29) is 0 Å². The molecule has 1 heteroatoms. The average Bonchev–Trinajstić information content (AvgIpc) is 3.07. The second-order valence-corrected chi connectivity index (χ2v) is 5.73. The summed E-state index contributed by atoms with van der Waals surface area (Å²) in [5, 5.41) is 2.88. The van der Waals surface area contributed by atoms with Gasteiger partial charge in [-0.1, -0.05) is 36.4 Å². The van der Waals surface area contributed by atoms with Crippen LogP contribution < -0.4 is 0 Å². The molecule has 1 fully saturated rings. The van der Waals surface area contributed by atoms with Crippen molar-refractivity contribution in [2.45, 2.75) is 31.7 Å². The van der Waals surface area contributed by atoms with Gasteiger partial charge in [0.1, 0.15) is 0 Å². The Hall–Kier alpha value is -1.34. The molecule has 1 nitrogen and oxygen atoms in total. The summed E-state index contributed by atoms with van der Waals surface area (Å²) in [6.45, 7) is 2.63. The Morgan fingerprint density at radius 2 is 1.72 bits per heavy atom. The Morgan fingerprint density at radius 1 is 0.889 bits per heavy atom. The van der Waals surface area contributed by atoms with Crippen LogP contribution in [0.15, 0.2) is 36.4 Å². The Balaban J connectivity index is 1.74. The van der Waals surface area contributed by atoms with Crippen LogP contribution in [-0.2, 0) is 12.8 Å². The minimum atomic E-state index is 0.772. The number of likely N-dealkylation sites (tertiary alicyclic amines) is 1. The zero-order valence-electron chi connectivity index (χ0n) is 10.7. The molecule has 2 aromatic rings. The van der Waals surface area contributed by atoms with Crippen LogP contribution in [0.1, 0.15) is 24.0 Å². The minimum absolute atomic E-state index is 0.772. The van der Waals surface area contributed by atoms with Gasteiger partial charge in [-0.05, 0) is 60.7 Å². The zero-order valence-corrected chi connectivity index (χ0v) is 10.7. The van der Waals surface area contributed by atoms with E-state index < -0.39 is 0 Å². The van der Waals surface area contributed by atoms with Crippen molar-refractivity contribution in [1.29, 1.82) is 0 Å². The molecule has 1 aliphatic heterocycles. The molecule has 1 heterocycles. The highest BCUT2D eigenvalue weighted by molar-refractivity contribution is 5.87. The van der Waals surface area contributed by atoms with E-state index in [0.717, 1.165) is 6.04 Å². The third-order valence-corrected chi connectivity index (χ3v) is 4.69. The molecule has 0 spiro atoms. The third kappa shape index (κ3) is 1.58. The van der Waals surface area contributed by atoms with Crippen molar-refractivity contribution >= 4 is 10.8 Å². The molecule has 2 aliphatic rings. The number of benzene rings is 2. The van der Waals surface area contributed by atoms with Gasteiger partial charge in [-0.2, -0.15) is 0 Å². The molecule has 0 N–H and O–H groups in total. The number of rotatable bonds is 1. The predicted octanol–water partition coefficient (Wildman–Crippen LogP) is 3.40. The summed E-state index contributed by atoms with van der Waals surface area (Å²) in [5.41, 5.74) is 3.20. The van der Waals surface area contributed by atoms with E-state index >= 15 is 0 Å². The van der Waals surface area contributed by atoms with Crippen LogP contribution in [0.4, 0.5) is 0 Å². The third-order valence-electron chi connectivity index (χ3n) is 4.69. The molecular formula is C17H19N. The molecule has 0 aromatic heterocycles. The molecule has 2 aromatic carbocycles. The number of nitrogens with zero attached hydrogens (tertiary/aromatic N) is 1. The van der Waals surface area contributed by atoms with E-state index in [4.69, 9.17) is 0 Å². The molecule has 1 aliphatic carbocycles. The second-order valence-electron chi connectivity index (χ2n) is 5.73. The van der Waals surface area contributed by atoms with Crippen LogP contribution in [0.2, 0.25) is 0 Å². The Labute approximate surface area is 108 Å². The smallest absolute Gasteiger partial charge is 0.0176 e. The van der Waals surface area contributed by atoms with Gasteiger partial charge >= 0.3 is 0 Å². The second kappa shape index (κ2) is 4.10. The van der Waals surface area contributed by atoms with Crippen molar-refractivity contribution in [2.75, 3.05) is 13.1 Å². The monoisotopic (exact) mass is 237 g/mol. The highest BCUT2D eigenvalue weighted by Gasteiger charge is 2.29. The first-order chi connectivity index (χ1) is 8.92. The van der Waals surface area contributed by atoms with Crippen LogP contribution >= 0.6 is 0 Å². The van der Waals surface area contributed by atoms with Crippen LogP contribution in [-0.4, -0.2) is 24.0 Å². The van der Waals surface area contributed by atoms with E-state index in [2.05, 4.69) is 41.3 Å². The Morgan fingerprint density at radius 3 is 2.61 bits per heavy atom. The van der Waals surface area contributed by atoms with Crippen molar-refractivity contribution in [3.8, 4) is 0 Å². The van der Waals surface area contributed by atoms with Crippen molar-refractivity contribution in [3.63, 3.8) is 0 Å². The lowest BCUT2D eigenvalue weighted by Gasteiger charge is -2.22. The molecule has 0 radical (unpaired) electrons. The van der Waals surface area contributed by atoms with Gasteiger partial charge in [0.25, 0.3) is 0 Å².